The number of carbonyl (C=O) groups excluding carboxylic acids is 1. The lowest BCUT2D eigenvalue weighted by atomic mass is 9.94. The maximum Gasteiger partial charge on any atom is 0.227 e. The topological polar surface area (TPSA) is 74.8 Å². The average molecular weight is 341 g/mol. The van der Waals surface area contributed by atoms with Gasteiger partial charge in [0.15, 0.2) is 5.82 Å². The zero-order valence-corrected chi connectivity index (χ0v) is 14.1. The number of nitrogens with zero attached hydrogens (tertiary/aromatic N) is 4. The molecule has 1 amide bonds. The number of hydrogen-bond acceptors (Lipinski definition) is 5. The number of carbonyl (C=O) groups is 1. The van der Waals surface area contributed by atoms with Gasteiger partial charge >= 0.3 is 0 Å². The van der Waals surface area contributed by atoms with Crippen molar-refractivity contribution in [1.82, 2.24) is 25.5 Å². The van der Waals surface area contributed by atoms with Crippen molar-refractivity contribution in [3.05, 3.63) is 41.0 Å². The molecule has 1 atom stereocenters. The number of likely N-dealkylation sites (tertiary alicyclic amines) is 1. The van der Waals surface area contributed by atoms with E-state index in [9.17, 15) is 4.79 Å². The van der Waals surface area contributed by atoms with Gasteiger partial charge in [-0.05, 0) is 41.2 Å². The fourth-order valence-corrected chi connectivity index (χ4v) is 4.39. The largest absolute Gasteiger partial charge is 0.342 e. The summed E-state index contributed by atoms with van der Waals surface area (Å²) in [6.45, 7) is 1.64. The van der Waals surface area contributed by atoms with Crippen LogP contribution in [0.4, 0.5) is 0 Å². The number of piperidine rings is 1. The lowest BCUT2D eigenvalue weighted by Crippen LogP contribution is -2.41. The molecule has 7 heteroatoms. The Balaban J connectivity index is 1.42. The molecule has 1 aliphatic rings. The van der Waals surface area contributed by atoms with Crippen molar-refractivity contribution >= 4 is 27.3 Å². The molecule has 1 aromatic carbocycles. The van der Waals surface area contributed by atoms with Gasteiger partial charge in [0, 0.05) is 24.2 Å². The first kappa shape index (κ1) is 15.3. The van der Waals surface area contributed by atoms with Gasteiger partial charge < -0.3 is 4.90 Å². The number of aromatic nitrogens is 4. The van der Waals surface area contributed by atoms with Crippen LogP contribution in [0.5, 0.6) is 0 Å². The van der Waals surface area contributed by atoms with Gasteiger partial charge in [-0.15, -0.1) is 21.5 Å². The average Bonchev–Trinajstić information content (AvgIpc) is 3.25. The number of H-pyrrole nitrogens is 1. The second kappa shape index (κ2) is 6.68. The predicted molar refractivity (Wildman–Crippen MR) is 92.7 cm³/mol. The minimum atomic E-state index is 0.219. The first-order chi connectivity index (χ1) is 11.8. The van der Waals surface area contributed by atoms with Gasteiger partial charge in [-0.25, -0.2) is 0 Å². The zero-order valence-electron chi connectivity index (χ0n) is 13.3. The highest BCUT2D eigenvalue weighted by molar-refractivity contribution is 7.17. The fraction of sp³-hybridized carbons (Fsp3) is 0.412. The number of rotatable bonds is 4. The standard InChI is InChI=1S/C17H19N5OS/c23-17(9-13-11-24-15-6-2-1-5-14(13)15)22-7-3-4-12(10-22)8-16-18-20-21-19-16/h1-2,5-6,11-12H,3-4,7-10H2,(H,18,19,20,21). The molecule has 124 valence electrons. The van der Waals surface area contributed by atoms with Gasteiger partial charge in [-0.1, -0.05) is 23.4 Å². The smallest absolute Gasteiger partial charge is 0.227 e. The van der Waals surface area contributed by atoms with Crippen molar-refractivity contribution < 1.29 is 4.79 Å². The van der Waals surface area contributed by atoms with E-state index < -0.39 is 0 Å². The van der Waals surface area contributed by atoms with Crippen LogP contribution in [0.3, 0.4) is 0 Å². The number of amides is 1. The van der Waals surface area contributed by atoms with Crippen molar-refractivity contribution in [2.24, 2.45) is 5.92 Å². The summed E-state index contributed by atoms with van der Waals surface area (Å²) in [4.78, 5) is 14.7. The van der Waals surface area contributed by atoms with E-state index in [4.69, 9.17) is 0 Å². The maximum atomic E-state index is 12.7. The van der Waals surface area contributed by atoms with Crippen LogP contribution in [0.15, 0.2) is 29.6 Å². The fourth-order valence-electron chi connectivity index (χ4n) is 3.43. The molecule has 6 nitrogen and oxygen atoms in total. The first-order valence-electron chi connectivity index (χ1n) is 8.25. The predicted octanol–water partition coefficient (Wildman–Crippen LogP) is 2.44. The molecule has 1 fully saturated rings. The van der Waals surface area contributed by atoms with Crippen LogP contribution in [0, 0.1) is 5.92 Å². The molecule has 3 heterocycles. The lowest BCUT2D eigenvalue weighted by Gasteiger charge is -2.32. The van der Waals surface area contributed by atoms with Crippen molar-refractivity contribution in [3.63, 3.8) is 0 Å². The highest BCUT2D eigenvalue weighted by atomic mass is 32.1. The highest BCUT2D eigenvalue weighted by Gasteiger charge is 2.25. The summed E-state index contributed by atoms with van der Waals surface area (Å²) >= 11 is 1.71. The summed E-state index contributed by atoms with van der Waals surface area (Å²) in [5.74, 6) is 1.37. The first-order valence-corrected chi connectivity index (χ1v) is 9.13. The Labute approximate surface area is 143 Å². The van der Waals surface area contributed by atoms with E-state index in [-0.39, 0.29) is 5.91 Å². The van der Waals surface area contributed by atoms with Gasteiger partial charge in [0.05, 0.1) is 6.42 Å². The van der Waals surface area contributed by atoms with E-state index in [0.717, 1.165) is 43.7 Å². The summed E-state index contributed by atoms with van der Waals surface area (Å²) in [7, 11) is 0. The SMILES string of the molecule is O=C(Cc1csc2ccccc12)N1CCCC(Cc2nn[nH]n2)C1. The molecule has 4 rings (SSSR count). The molecule has 1 unspecified atom stereocenters. The highest BCUT2D eigenvalue weighted by Crippen LogP contribution is 2.27. The van der Waals surface area contributed by atoms with Crippen LogP contribution in [0.25, 0.3) is 10.1 Å². The van der Waals surface area contributed by atoms with E-state index in [1.807, 2.05) is 17.0 Å². The third kappa shape index (κ3) is 3.17. The Morgan fingerprint density at radius 2 is 2.29 bits per heavy atom. The second-order valence-electron chi connectivity index (χ2n) is 6.31. The molecule has 0 aliphatic carbocycles. The van der Waals surface area contributed by atoms with Crippen molar-refractivity contribution in [1.29, 1.82) is 0 Å². The minimum Gasteiger partial charge on any atom is -0.342 e. The van der Waals surface area contributed by atoms with Crippen LogP contribution in [0.2, 0.25) is 0 Å². The Kier molecular flexibility index (Phi) is 4.25. The van der Waals surface area contributed by atoms with Crippen molar-refractivity contribution in [2.45, 2.75) is 25.7 Å². The van der Waals surface area contributed by atoms with Gasteiger partial charge in [0.2, 0.25) is 5.91 Å². The number of benzene rings is 1. The van der Waals surface area contributed by atoms with Crippen molar-refractivity contribution in [2.75, 3.05) is 13.1 Å². The molecule has 0 saturated carbocycles. The molecule has 2 aromatic heterocycles. The van der Waals surface area contributed by atoms with E-state index in [2.05, 4.69) is 38.1 Å². The molecular weight excluding hydrogens is 322 g/mol. The Bertz CT molecular complexity index is 829. The molecule has 24 heavy (non-hydrogen) atoms. The van der Waals surface area contributed by atoms with Crippen LogP contribution < -0.4 is 0 Å². The van der Waals surface area contributed by atoms with Gasteiger partial charge in [0.25, 0.3) is 0 Å². The van der Waals surface area contributed by atoms with E-state index >= 15 is 0 Å². The monoisotopic (exact) mass is 341 g/mol. The Morgan fingerprint density at radius 1 is 1.38 bits per heavy atom. The molecular formula is C17H19N5OS. The Hall–Kier alpha value is -2.28. The Morgan fingerprint density at radius 3 is 3.17 bits per heavy atom. The third-order valence-corrected chi connectivity index (χ3v) is 5.65. The third-order valence-electron chi connectivity index (χ3n) is 4.63. The minimum absolute atomic E-state index is 0.219. The van der Waals surface area contributed by atoms with E-state index in [1.54, 1.807) is 11.3 Å². The summed E-state index contributed by atoms with van der Waals surface area (Å²) in [6.07, 6.45) is 3.42. The van der Waals surface area contributed by atoms with Gasteiger partial charge in [-0.3, -0.25) is 4.79 Å². The number of hydrogen-bond donors (Lipinski definition) is 1. The number of fused-ring (bicyclic) bond motifs is 1. The number of tetrazole rings is 1. The van der Waals surface area contributed by atoms with E-state index in [0.29, 0.717) is 12.3 Å². The zero-order chi connectivity index (χ0) is 16.4. The molecule has 1 saturated heterocycles. The van der Waals surface area contributed by atoms with E-state index in [1.165, 1.54) is 10.1 Å². The molecule has 3 aromatic rings. The summed E-state index contributed by atoms with van der Waals surface area (Å²) in [6, 6.07) is 8.28. The van der Waals surface area contributed by atoms with Crippen LogP contribution in [-0.4, -0.2) is 44.5 Å². The summed E-state index contributed by atoms with van der Waals surface area (Å²) in [5, 5.41) is 17.5. The summed E-state index contributed by atoms with van der Waals surface area (Å²) in [5.41, 5.74) is 1.14. The van der Waals surface area contributed by atoms with Crippen LogP contribution in [-0.2, 0) is 17.6 Å². The van der Waals surface area contributed by atoms with Crippen LogP contribution >= 0.6 is 11.3 Å². The molecule has 0 bridgehead atoms. The second-order valence-corrected chi connectivity index (χ2v) is 7.23. The number of thiophene rings is 1. The molecule has 1 aliphatic heterocycles. The quantitative estimate of drug-likeness (QED) is 0.791. The van der Waals surface area contributed by atoms with Gasteiger partial charge in [0.1, 0.15) is 0 Å². The number of aromatic amines is 1. The summed E-state index contributed by atoms with van der Waals surface area (Å²) < 4.78 is 1.24. The molecule has 0 spiro atoms. The lowest BCUT2D eigenvalue weighted by molar-refractivity contribution is -0.132. The van der Waals surface area contributed by atoms with Crippen molar-refractivity contribution in [3.8, 4) is 0 Å². The molecule has 1 N–H and O–H groups in total. The molecule has 0 radical (unpaired) electrons. The number of nitrogens with one attached hydrogen (secondary N) is 1. The van der Waals surface area contributed by atoms with Crippen LogP contribution in [0.1, 0.15) is 24.2 Å². The maximum absolute atomic E-state index is 12.7. The normalized spacial score (nSPS) is 18.2. The van der Waals surface area contributed by atoms with Gasteiger partial charge in [-0.2, -0.15) is 5.21 Å².